The van der Waals surface area contributed by atoms with Crippen LogP contribution < -0.4 is 10.5 Å². The Morgan fingerprint density at radius 1 is 1.10 bits per heavy atom. The molecule has 0 atom stereocenters. The minimum absolute atomic E-state index is 0.193. The SMILES string of the molecule is NC(=O)c1cc2cc(Cl)ccc2cc1OCC(=O)c1n[nH]c2cc(C3CC3)ccc12. The van der Waals surface area contributed by atoms with Crippen molar-refractivity contribution in [3.8, 4) is 5.75 Å². The molecule has 6 nitrogen and oxygen atoms in total. The van der Waals surface area contributed by atoms with Crippen molar-refractivity contribution in [2.45, 2.75) is 18.8 Å². The lowest BCUT2D eigenvalue weighted by molar-refractivity contribution is 0.0909. The van der Waals surface area contributed by atoms with Crippen molar-refractivity contribution in [1.29, 1.82) is 0 Å². The van der Waals surface area contributed by atoms with E-state index < -0.39 is 5.91 Å². The number of hydrogen-bond donors (Lipinski definition) is 2. The molecular weight excluding hydrogens is 402 g/mol. The van der Waals surface area contributed by atoms with Gasteiger partial charge in [-0.15, -0.1) is 0 Å². The molecule has 0 unspecified atom stereocenters. The van der Waals surface area contributed by atoms with Crippen LogP contribution in [0.2, 0.25) is 5.02 Å². The number of primary amides is 1. The number of ketones is 1. The first-order valence-corrected chi connectivity index (χ1v) is 10.0. The Hall–Kier alpha value is -3.38. The number of halogens is 1. The van der Waals surface area contributed by atoms with E-state index >= 15 is 0 Å². The summed E-state index contributed by atoms with van der Waals surface area (Å²) >= 11 is 6.03. The van der Waals surface area contributed by atoms with Gasteiger partial charge in [0.15, 0.2) is 6.61 Å². The van der Waals surface area contributed by atoms with Crippen LogP contribution in [-0.2, 0) is 0 Å². The number of hydrogen-bond acceptors (Lipinski definition) is 4. The van der Waals surface area contributed by atoms with Gasteiger partial charge in [0, 0.05) is 10.4 Å². The van der Waals surface area contributed by atoms with Gasteiger partial charge in [-0.3, -0.25) is 14.7 Å². The molecule has 0 radical (unpaired) electrons. The first-order chi connectivity index (χ1) is 14.5. The van der Waals surface area contributed by atoms with Crippen molar-refractivity contribution in [3.05, 3.63) is 70.4 Å². The molecular formula is C23H18ClN3O3. The third kappa shape index (κ3) is 3.39. The molecule has 3 aromatic carbocycles. The van der Waals surface area contributed by atoms with Crippen LogP contribution in [-0.4, -0.2) is 28.5 Å². The number of H-pyrrole nitrogens is 1. The maximum absolute atomic E-state index is 12.8. The molecule has 30 heavy (non-hydrogen) atoms. The van der Waals surface area contributed by atoms with Gasteiger partial charge in [0.25, 0.3) is 5.91 Å². The van der Waals surface area contributed by atoms with E-state index in [0.717, 1.165) is 21.7 Å². The molecule has 1 heterocycles. The lowest BCUT2D eigenvalue weighted by Gasteiger charge is -2.11. The largest absolute Gasteiger partial charge is 0.485 e. The number of ether oxygens (including phenoxy) is 1. The smallest absolute Gasteiger partial charge is 0.252 e. The highest BCUT2D eigenvalue weighted by atomic mass is 35.5. The number of amides is 1. The van der Waals surface area contributed by atoms with Crippen LogP contribution in [0.25, 0.3) is 21.7 Å². The Morgan fingerprint density at radius 3 is 2.70 bits per heavy atom. The number of aromatic nitrogens is 2. The van der Waals surface area contributed by atoms with Crippen LogP contribution in [0.3, 0.4) is 0 Å². The van der Waals surface area contributed by atoms with Crippen molar-refractivity contribution >= 4 is 45.0 Å². The average Bonchev–Trinajstić information content (AvgIpc) is 3.50. The molecule has 0 spiro atoms. The number of nitrogens with two attached hydrogens (primary N) is 1. The summed E-state index contributed by atoms with van der Waals surface area (Å²) in [4.78, 5) is 24.7. The maximum Gasteiger partial charge on any atom is 0.252 e. The molecule has 1 aromatic heterocycles. The topological polar surface area (TPSA) is 98.1 Å². The predicted molar refractivity (Wildman–Crippen MR) is 115 cm³/mol. The van der Waals surface area contributed by atoms with E-state index in [2.05, 4.69) is 16.3 Å². The maximum atomic E-state index is 12.8. The monoisotopic (exact) mass is 419 g/mol. The lowest BCUT2D eigenvalue weighted by Crippen LogP contribution is -2.17. The average molecular weight is 420 g/mol. The second kappa shape index (κ2) is 7.15. The van der Waals surface area contributed by atoms with Crippen LogP contribution in [0.15, 0.2) is 48.5 Å². The van der Waals surface area contributed by atoms with Crippen LogP contribution in [0, 0.1) is 0 Å². The molecule has 0 aliphatic heterocycles. The van der Waals surface area contributed by atoms with Gasteiger partial charge in [-0.2, -0.15) is 5.10 Å². The standard InChI is InChI=1S/C23H18ClN3O3/c24-16-5-3-14-10-21(18(23(25)29)8-15(14)7-16)30-11-20(28)22-17-6-4-13(12-1-2-12)9-19(17)26-27-22/h3-10,12H,1-2,11H2,(H2,25,29)(H,26,27). The van der Waals surface area contributed by atoms with E-state index in [4.69, 9.17) is 22.1 Å². The Kier molecular flexibility index (Phi) is 4.44. The summed E-state index contributed by atoms with van der Waals surface area (Å²) < 4.78 is 5.71. The molecule has 0 saturated heterocycles. The van der Waals surface area contributed by atoms with Crippen molar-refractivity contribution < 1.29 is 14.3 Å². The normalized spacial score (nSPS) is 13.6. The zero-order chi connectivity index (χ0) is 20.8. The number of fused-ring (bicyclic) bond motifs is 2. The number of nitrogens with zero attached hydrogens (tertiary/aromatic N) is 1. The Labute approximate surface area is 177 Å². The highest BCUT2D eigenvalue weighted by molar-refractivity contribution is 6.31. The first-order valence-electron chi connectivity index (χ1n) is 9.67. The minimum atomic E-state index is -0.642. The van der Waals surface area contributed by atoms with Crippen LogP contribution >= 0.6 is 11.6 Å². The number of carbonyl (C=O) groups excluding carboxylic acids is 2. The van der Waals surface area contributed by atoms with Gasteiger partial charge in [-0.25, -0.2) is 0 Å². The molecule has 150 valence electrons. The predicted octanol–water partition coefficient (Wildman–Crippen LogP) is 4.61. The van der Waals surface area contributed by atoms with E-state index in [1.807, 2.05) is 18.2 Å². The summed E-state index contributed by atoms with van der Waals surface area (Å²) in [7, 11) is 0. The first kappa shape index (κ1) is 18.6. The van der Waals surface area contributed by atoms with Gasteiger partial charge >= 0.3 is 0 Å². The fourth-order valence-corrected chi connectivity index (χ4v) is 3.87. The number of benzene rings is 3. The fourth-order valence-electron chi connectivity index (χ4n) is 3.69. The van der Waals surface area contributed by atoms with Crippen LogP contribution in [0.4, 0.5) is 0 Å². The van der Waals surface area contributed by atoms with E-state index in [0.29, 0.717) is 16.6 Å². The van der Waals surface area contributed by atoms with Crippen molar-refractivity contribution in [3.63, 3.8) is 0 Å². The zero-order valence-electron chi connectivity index (χ0n) is 15.9. The fraction of sp³-hybridized carbons (Fsp3) is 0.174. The summed E-state index contributed by atoms with van der Waals surface area (Å²) in [6.07, 6.45) is 2.42. The summed E-state index contributed by atoms with van der Waals surface area (Å²) in [5.74, 6) is -0.0547. The quantitative estimate of drug-likeness (QED) is 0.446. The van der Waals surface area contributed by atoms with Gasteiger partial charge < -0.3 is 10.5 Å². The van der Waals surface area contributed by atoms with Crippen molar-refractivity contribution in [2.75, 3.05) is 6.61 Å². The minimum Gasteiger partial charge on any atom is -0.485 e. The molecule has 3 N–H and O–H groups in total. The summed E-state index contributed by atoms with van der Waals surface area (Å²) in [5, 5.41) is 10.0. The second-order valence-corrected chi connectivity index (χ2v) is 8.00. The number of aromatic amines is 1. The van der Waals surface area contributed by atoms with Gasteiger partial charge in [-0.1, -0.05) is 29.8 Å². The van der Waals surface area contributed by atoms with Gasteiger partial charge in [0.2, 0.25) is 5.78 Å². The van der Waals surface area contributed by atoms with E-state index in [1.165, 1.54) is 18.4 Å². The molecule has 1 amide bonds. The summed E-state index contributed by atoms with van der Waals surface area (Å²) in [6, 6.07) is 14.6. The molecule has 7 heteroatoms. The third-order valence-corrected chi connectivity index (χ3v) is 5.66. The van der Waals surface area contributed by atoms with E-state index in [-0.39, 0.29) is 23.7 Å². The van der Waals surface area contributed by atoms with Gasteiger partial charge in [0.1, 0.15) is 11.4 Å². The second-order valence-electron chi connectivity index (χ2n) is 7.57. The molecule has 4 aromatic rings. The van der Waals surface area contributed by atoms with Gasteiger partial charge in [-0.05, 0) is 65.4 Å². The Morgan fingerprint density at radius 2 is 1.93 bits per heavy atom. The Balaban J connectivity index is 1.41. The molecule has 1 saturated carbocycles. The van der Waals surface area contributed by atoms with Crippen molar-refractivity contribution in [1.82, 2.24) is 10.2 Å². The number of nitrogens with one attached hydrogen (secondary N) is 1. The molecule has 0 bridgehead atoms. The lowest BCUT2D eigenvalue weighted by atomic mass is 10.1. The highest BCUT2D eigenvalue weighted by Gasteiger charge is 2.24. The third-order valence-electron chi connectivity index (χ3n) is 5.42. The molecule has 5 rings (SSSR count). The molecule has 1 fully saturated rings. The van der Waals surface area contributed by atoms with Crippen LogP contribution in [0.5, 0.6) is 5.75 Å². The Bertz CT molecular complexity index is 1320. The molecule has 1 aliphatic carbocycles. The number of rotatable bonds is 6. The number of carbonyl (C=O) groups is 2. The summed E-state index contributed by atoms with van der Waals surface area (Å²) in [6.45, 7) is -0.260. The molecule has 1 aliphatic rings. The van der Waals surface area contributed by atoms with Crippen molar-refractivity contribution in [2.24, 2.45) is 5.73 Å². The van der Waals surface area contributed by atoms with E-state index in [9.17, 15) is 9.59 Å². The van der Waals surface area contributed by atoms with Gasteiger partial charge in [0.05, 0.1) is 11.1 Å². The summed E-state index contributed by atoms with van der Waals surface area (Å²) in [5.41, 5.74) is 8.13. The number of Topliss-reactive ketones (excluding diaryl/α,β-unsaturated/α-hetero) is 1. The van der Waals surface area contributed by atoms with Crippen LogP contribution in [0.1, 0.15) is 45.2 Å². The van der Waals surface area contributed by atoms with E-state index in [1.54, 1.807) is 24.3 Å². The highest BCUT2D eigenvalue weighted by Crippen LogP contribution is 2.40. The zero-order valence-corrected chi connectivity index (χ0v) is 16.7.